The molecule has 0 spiro atoms. The summed E-state index contributed by atoms with van der Waals surface area (Å²) in [4.78, 5) is 4.81. The molecule has 1 fully saturated rings. The molecule has 0 amide bonds. The number of ether oxygens (including phenoxy) is 1. The zero-order valence-electron chi connectivity index (χ0n) is 17.9. The Hall–Kier alpha value is -1.98. The zero-order chi connectivity index (χ0) is 21.3. The second-order valence-electron chi connectivity index (χ2n) is 9.51. The normalized spacial score (nSPS) is 21.2. The summed E-state index contributed by atoms with van der Waals surface area (Å²) in [6.45, 7) is 11.2. The van der Waals surface area contributed by atoms with E-state index in [1.165, 1.54) is 12.1 Å². The molecule has 5 heteroatoms. The zero-order valence-corrected chi connectivity index (χ0v) is 17.9. The standard InChI is InChI=1S/C24H32FNO3/c1-14(2)13-29-18-10-16(9-17(25)11-18)21-7-6-19(23(27)28)22(26-21)20-8-15(3)12-24(20,4)5/h6-7,9-11,14-15,20,23,27-28H,8,12-13H2,1-5H3. The van der Waals surface area contributed by atoms with Gasteiger partial charge in [-0.25, -0.2) is 4.39 Å². The summed E-state index contributed by atoms with van der Waals surface area (Å²) in [5.41, 5.74) is 2.35. The van der Waals surface area contributed by atoms with Crippen LogP contribution in [0.4, 0.5) is 4.39 Å². The van der Waals surface area contributed by atoms with Gasteiger partial charge in [-0.15, -0.1) is 0 Å². The van der Waals surface area contributed by atoms with E-state index in [9.17, 15) is 14.6 Å². The molecule has 0 aliphatic heterocycles. The molecule has 0 bridgehead atoms. The molecule has 1 aliphatic rings. The van der Waals surface area contributed by atoms with Crippen LogP contribution in [0.3, 0.4) is 0 Å². The van der Waals surface area contributed by atoms with Gasteiger partial charge in [0.15, 0.2) is 6.29 Å². The number of halogens is 1. The van der Waals surface area contributed by atoms with Gasteiger partial charge < -0.3 is 14.9 Å². The first-order chi connectivity index (χ1) is 13.6. The van der Waals surface area contributed by atoms with Crippen molar-refractivity contribution in [2.24, 2.45) is 17.3 Å². The van der Waals surface area contributed by atoms with Gasteiger partial charge in [0.1, 0.15) is 11.6 Å². The molecule has 1 saturated carbocycles. The Bertz CT molecular complexity index is 863. The van der Waals surface area contributed by atoms with E-state index in [0.29, 0.717) is 46.7 Å². The lowest BCUT2D eigenvalue weighted by atomic mass is 9.78. The third-order valence-corrected chi connectivity index (χ3v) is 5.77. The monoisotopic (exact) mass is 401 g/mol. The first-order valence-corrected chi connectivity index (χ1v) is 10.4. The average molecular weight is 402 g/mol. The van der Waals surface area contributed by atoms with Crippen LogP contribution in [0.1, 0.15) is 70.9 Å². The van der Waals surface area contributed by atoms with Crippen molar-refractivity contribution in [1.82, 2.24) is 4.98 Å². The molecule has 1 aliphatic carbocycles. The van der Waals surface area contributed by atoms with Crippen molar-refractivity contribution < 1.29 is 19.3 Å². The van der Waals surface area contributed by atoms with Crippen LogP contribution in [0.25, 0.3) is 11.3 Å². The van der Waals surface area contributed by atoms with E-state index in [4.69, 9.17) is 9.72 Å². The maximum Gasteiger partial charge on any atom is 0.180 e. The fourth-order valence-corrected chi connectivity index (χ4v) is 4.53. The lowest BCUT2D eigenvalue weighted by Gasteiger charge is -2.29. The molecular formula is C24H32FNO3. The number of benzene rings is 1. The van der Waals surface area contributed by atoms with Crippen LogP contribution in [-0.4, -0.2) is 21.8 Å². The molecule has 1 heterocycles. The van der Waals surface area contributed by atoms with Gasteiger partial charge in [0.05, 0.1) is 18.0 Å². The Labute approximate surface area is 172 Å². The second-order valence-corrected chi connectivity index (χ2v) is 9.51. The lowest BCUT2D eigenvalue weighted by molar-refractivity contribution is -0.0439. The first-order valence-electron chi connectivity index (χ1n) is 10.4. The summed E-state index contributed by atoms with van der Waals surface area (Å²) in [6.07, 6.45) is 0.406. The molecule has 2 aromatic rings. The summed E-state index contributed by atoms with van der Waals surface area (Å²) >= 11 is 0. The predicted octanol–water partition coefficient (Wildman–Crippen LogP) is 5.45. The predicted molar refractivity (Wildman–Crippen MR) is 112 cm³/mol. The number of aliphatic hydroxyl groups excluding tert-OH is 1. The Morgan fingerprint density at radius 3 is 2.52 bits per heavy atom. The molecule has 2 unspecified atom stereocenters. The molecule has 2 N–H and O–H groups in total. The van der Waals surface area contributed by atoms with E-state index >= 15 is 0 Å². The third kappa shape index (κ3) is 4.96. The van der Waals surface area contributed by atoms with Gasteiger partial charge in [0.2, 0.25) is 0 Å². The fourth-order valence-electron chi connectivity index (χ4n) is 4.53. The SMILES string of the molecule is CC(C)COc1cc(F)cc(-c2ccc(C(O)O)c(C3CC(C)CC3(C)C)n2)c1. The first kappa shape index (κ1) is 21.7. The summed E-state index contributed by atoms with van der Waals surface area (Å²) in [5, 5.41) is 19.8. The largest absolute Gasteiger partial charge is 0.493 e. The van der Waals surface area contributed by atoms with Gasteiger partial charge in [0.25, 0.3) is 0 Å². The number of aliphatic hydroxyl groups is 2. The number of pyridine rings is 1. The van der Waals surface area contributed by atoms with Gasteiger partial charge in [0, 0.05) is 23.1 Å². The summed E-state index contributed by atoms with van der Waals surface area (Å²) in [7, 11) is 0. The maximum atomic E-state index is 14.2. The van der Waals surface area contributed by atoms with E-state index < -0.39 is 6.29 Å². The van der Waals surface area contributed by atoms with Crippen molar-refractivity contribution >= 4 is 0 Å². The minimum Gasteiger partial charge on any atom is -0.493 e. The van der Waals surface area contributed by atoms with Gasteiger partial charge >= 0.3 is 0 Å². The van der Waals surface area contributed by atoms with Crippen molar-refractivity contribution in [2.75, 3.05) is 6.61 Å². The van der Waals surface area contributed by atoms with Crippen LogP contribution in [0.15, 0.2) is 30.3 Å². The van der Waals surface area contributed by atoms with Crippen LogP contribution in [0.2, 0.25) is 0 Å². The molecule has 1 aromatic carbocycles. The summed E-state index contributed by atoms with van der Waals surface area (Å²) < 4.78 is 19.9. The minimum absolute atomic E-state index is 0.00214. The smallest absolute Gasteiger partial charge is 0.180 e. The van der Waals surface area contributed by atoms with Gasteiger partial charge in [-0.2, -0.15) is 0 Å². The molecule has 4 nitrogen and oxygen atoms in total. The quantitative estimate of drug-likeness (QED) is 0.632. The highest BCUT2D eigenvalue weighted by atomic mass is 19.1. The van der Waals surface area contributed by atoms with Crippen molar-refractivity contribution in [3.05, 3.63) is 47.4 Å². The average Bonchev–Trinajstić information content (AvgIpc) is 2.91. The molecule has 3 rings (SSSR count). The van der Waals surface area contributed by atoms with Crippen LogP contribution in [-0.2, 0) is 0 Å². The highest BCUT2D eigenvalue weighted by molar-refractivity contribution is 5.62. The third-order valence-electron chi connectivity index (χ3n) is 5.77. The summed E-state index contributed by atoms with van der Waals surface area (Å²) in [6, 6.07) is 8.01. The van der Waals surface area contributed by atoms with Crippen molar-refractivity contribution in [2.45, 2.75) is 59.7 Å². The molecule has 2 atom stereocenters. The number of rotatable bonds is 6. The molecular weight excluding hydrogens is 369 g/mol. The van der Waals surface area contributed by atoms with Gasteiger partial charge in [-0.05, 0) is 54.4 Å². The van der Waals surface area contributed by atoms with E-state index in [1.807, 2.05) is 13.8 Å². The number of aromatic nitrogens is 1. The van der Waals surface area contributed by atoms with E-state index in [0.717, 1.165) is 12.8 Å². The van der Waals surface area contributed by atoms with Crippen LogP contribution >= 0.6 is 0 Å². The van der Waals surface area contributed by atoms with Crippen LogP contribution in [0.5, 0.6) is 5.75 Å². The fraction of sp³-hybridized carbons (Fsp3) is 0.542. The van der Waals surface area contributed by atoms with E-state index in [-0.39, 0.29) is 17.2 Å². The maximum absolute atomic E-state index is 14.2. The Morgan fingerprint density at radius 2 is 1.93 bits per heavy atom. The van der Waals surface area contributed by atoms with Crippen LogP contribution < -0.4 is 4.74 Å². The molecule has 0 radical (unpaired) electrons. The lowest BCUT2D eigenvalue weighted by Crippen LogP contribution is -2.19. The van der Waals surface area contributed by atoms with E-state index in [1.54, 1.807) is 18.2 Å². The highest BCUT2D eigenvalue weighted by Crippen LogP contribution is 2.52. The Balaban J connectivity index is 2.04. The number of hydrogen-bond donors (Lipinski definition) is 2. The van der Waals surface area contributed by atoms with Crippen molar-refractivity contribution in [1.29, 1.82) is 0 Å². The molecule has 0 saturated heterocycles. The second kappa shape index (κ2) is 8.41. The Kier molecular flexibility index (Phi) is 6.30. The molecule has 1 aromatic heterocycles. The van der Waals surface area contributed by atoms with Gasteiger partial charge in [-0.3, -0.25) is 4.98 Å². The van der Waals surface area contributed by atoms with Crippen molar-refractivity contribution in [3.8, 4) is 17.0 Å². The molecule has 29 heavy (non-hydrogen) atoms. The number of hydrogen-bond acceptors (Lipinski definition) is 4. The Morgan fingerprint density at radius 1 is 1.21 bits per heavy atom. The van der Waals surface area contributed by atoms with E-state index in [2.05, 4.69) is 20.8 Å². The summed E-state index contributed by atoms with van der Waals surface area (Å²) in [5.74, 6) is 1.07. The topological polar surface area (TPSA) is 62.6 Å². The number of nitrogens with zero attached hydrogens (tertiary/aromatic N) is 1. The molecule has 158 valence electrons. The van der Waals surface area contributed by atoms with Crippen LogP contribution in [0, 0.1) is 23.1 Å². The minimum atomic E-state index is -1.59. The highest BCUT2D eigenvalue weighted by Gasteiger charge is 2.41. The van der Waals surface area contributed by atoms with Gasteiger partial charge in [-0.1, -0.05) is 34.6 Å². The van der Waals surface area contributed by atoms with Crippen molar-refractivity contribution in [3.63, 3.8) is 0 Å².